The molecule has 2 N–H and O–H groups in total. The van der Waals surface area contributed by atoms with Gasteiger partial charge in [0, 0.05) is 28.7 Å². The molecule has 148 valence electrons. The molecule has 1 amide bonds. The topological polar surface area (TPSA) is 72.5 Å². The van der Waals surface area contributed by atoms with Crippen molar-refractivity contribution in [2.45, 2.75) is 19.3 Å². The highest BCUT2D eigenvalue weighted by atomic mass is 35.5. The molecule has 0 saturated heterocycles. The van der Waals surface area contributed by atoms with Gasteiger partial charge in [-0.15, -0.1) is 0 Å². The van der Waals surface area contributed by atoms with Crippen molar-refractivity contribution in [3.63, 3.8) is 0 Å². The molecule has 4 rings (SSSR count). The number of hydrogen-bond donors (Lipinski definition) is 2. The van der Waals surface area contributed by atoms with Gasteiger partial charge in [0.2, 0.25) is 0 Å². The number of hydrogen-bond acceptors (Lipinski definition) is 5. The van der Waals surface area contributed by atoms with E-state index in [0.717, 1.165) is 11.3 Å². The molecule has 2 unspecified atom stereocenters. The summed E-state index contributed by atoms with van der Waals surface area (Å²) in [5.41, 5.74) is 2.38. The van der Waals surface area contributed by atoms with Crippen molar-refractivity contribution in [1.29, 1.82) is 0 Å². The lowest BCUT2D eigenvalue weighted by Gasteiger charge is -2.16. The zero-order valence-electron chi connectivity index (χ0n) is 15.4. The molecule has 2 aromatic carbocycles. The minimum Gasteiger partial charge on any atom is -0.479 e. The summed E-state index contributed by atoms with van der Waals surface area (Å²) >= 11 is 12.0. The van der Waals surface area contributed by atoms with Gasteiger partial charge in [0.1, 0.15) is 11.5 Å². The number of benzene rings is 2. The van der Waals surface area contributed by atoms with Crippen LogP contribution in [0.3, 0.4) is 0 Å². The Morgan fingerprint density at radius 1 is 1.17 bits per heavy atom. The van der Waals surface area contributed by atoms with Crippen molar-refractivity contribution in [2.75, 3.05) is 10.6 Å². The first-order valence-electron chi connectivity index (χ1n) is 8.89. The maximum Gasteiger partial charge on any atom is 0.265 e. The number of halogens is 2. The molecular formula is C21H17Cl2N3O3. The van der Waals surface area contributed by atoms with Crippen molar-refractivity contribution < 1.29 is 14.3 Å². The lowest BCUT2D eigenvalue weighted by atomic mass is 10.2. The van der Waals surface area contributed by atoms with Gasteiger partial charge in [-0.1, -0.05) is 23.2 Å². The fourth-order valence-electron chi connectivity index (χ4n) is 2.87. The second-order valence-electron chi connectivity index (χ2n) is 6.46. The fourth-order valence-corrected chi connectivity index (χ4v) is 3.32. The highest BCUT2D eigenvalue weighted by Gasteiger charge is 2.24. The van der Waals surface area contributed by atoms with Crippen LogP contribution in [0.2, 0.25) is 10.0 Å². The van der Waals surface area contributed by atoms with Gasteiger partial charge in [-0.3, -0.25) is 9.78 Å². The molecule has 3 aromatic rings. The summed E-state index contributed by atoms with van der Waals surface area (Å²) in [7, 11) is 0. The number of rotatable bonds is 5. The summed E-state index contributed by atoms with van der Waals surface area (Å²) in [6.45, 7) is 1.65. The zero-order valence-corrected chi connectivity index (χ0v) is 16.9. The van der Waals surface area contributed by atoms with Crippen molar-refractivity contribution in [3.05, 3.63) is 76.5 Å². The maximum atomic E-state index is 12.5. The van der Waals surface area contributed by atoms with Gasteiger partial charge < -0.3 is 20.1 Å². The Labute approximate surface area is 177 Å². The van der Waals surface area contributed by atoms with E-state index in [1.807, 2.05) is 18.2 Å². The lowest BCUT2D eigenvalue weighted by molar-refractivity contribution is -0.122. The second kappa shape index (κ2) is 8.19. The molecule has 0 radical (unpaired) electrons. The van der Waals surface area contributed by atoms with Gasteiger partial charge in [-0.05, 0) is 55.5 Å². The maximum absolute atomic E-state index is 12.5. The van der Waals surface area contributed by atoms with Crippen LogP contribution in [0, 0.1) is 0 Å². The predicted molar refractivity (Wildman–Crippen MR) is 113 cm³/mol. The van der Waals surface area contributed by atoms with Crippen molar-refractivity contribution in [3.8, 4) is 11.5 Å². The molecule has 0 saturated carbocycles. The first kappa shape index (κ1) is 19.4. The monoisotopic (exact) mass is 429 g/mol. The highest BCUT2D eigenvalue weighted by molar-refractivity contribution is 6.35. The molecule has 0 fully saturated rings. The van der Waals surface area contributed by atoms with Crippen LogP contribution in [0.15, 0.2) is 60.9 Å². The van der Waals surface area contributed by atoms with Crippen LogP contribution in [0.25, 0.3) is 0 Å². The predicted octanol–water partition coefficient (Wildman–Crippen LogP) is 5.30. The van der Waals surface area contributed by atoms with Crippen LogP contribution in [-0.2, 0) is 4.79 Å². The van der Waals surface area contributed by atoms with Gasteiger partial charge in [0.05, 0.1) is 10.7 Å². The van der Waals surface area contributed by atoms with Crippen molar-refractivity contribution in [2.24, 2.45) is 0 Å². The third-order valence-electron chi connectivity index (χ3n) is 4.35. The SMILES string of the molecule is CC(Oc1ccc(Cl)cc1Cl)C(=O)Nc1ccc2c(c1)NC(c1ccncc1)O2. The number of nitrogens with zero attached hydrogens (tertiary/aromatic N) is 1. The molecule has 0 spiro atoms. The van der Waals surface area contributed by atoms with Crippen LogP contribution in [0.1, 0.15) is 18.7 Å². The smallest absolute Gasteiger partial charge is 0.265 e. The average molecular weight is 430 g/mol. The number of nitrogens with one attached hydrogen (secondary N) is 2. The lowest BCUT2D eigenvalue weighted by Crippen LogP contribution is -2.30. The number of anilines is 2. The number of ether oxygens (including phenoxy) is 2. The molecular weight excluding hydrogens is 413 g/mol. The molecule has 2 heterocycles. The van der Waals surface area contributed by atoms with E-state index in [9.17, 15) is 4.79 Å². The summed E-state index contributed by atoms with van der Waals surface area (Å²) in [5, 5.41) is 6.97. The second-order valence-corrected chi connectivity index (χ2v) is 7.30. The van der Waals surface area contributed by atoms with Gasteiger partial charge in [-0.2, -0.15) is 0 Å². The number of amides is 1. The molecule has 29 heavy (non-hydrogen) atoms. The Morgan fingerprint density at radius 3 is 2.72 bits per heavy atom. The standard InChI is InChI=1S/C21H17Cl2N3O3/c1-12(28-18-4-2-14(22)10-16(18)23)20(27)25-15-3-5-19-17(11-15)26-21(29-19)13-6-8-24-9-7-13/h2-12,21,26H,1H3,(H,25,27). The van der Waals surface area contributed by atoms with Crippen molar-refractivity contribution in [1.82, 2.24) is 4.98 Å². The van der Waals surface area contributed by atoms with Crippen LogP contribution in [-0.4, -0.2) is 17.0 Å². The molecule has 1 aliphatic rings. The molecule has 0 aliphatic carbocycles. The van der Waals surface area contributed by atoms with Crippen molar-refractivity contribution >= 4 is 40.5 Å². The van der Waals surface area contributed by atoms with E-state index in [2.05, 4.69) is 15.6 Å². The Balaban J connectivity index is 1.41. The zero-order chi connectivity index (χ0) is 20.4. The minimum atomic E-state index is -0.754. The van der Waals surface area contributed by atoms with E-state index in [0.29, 0.717) is 27.2 Å². The number of carbonyl (C=O) groups excluding carboxylic acids is 1. The number of carbonyl (C=O) groups is 1. The van der Waals surface area contributed by atoms with Crippen LogP contribution in [0.4, 0.5) is 11.4 Å². The Morgan fingerprint density at radius 2 is 1.97 bits per heavy atom. The van der Waals surface area contributed by atoms with E-state index >= 15 is 0 Å². The third kappa shape index (κ3) is 4.39. The average Bonchev–Trinajstić information content (AvgIpc) is 3.14. The number of fused-ring (bicyclic) bond motifs is 1. The van der Waals surface area contributed by atoms with Crippen LogP contribution in [0.5, 0.6) is 11.5 Å². The molecule has 0 bridgehead atoms. The summed E-state index contributed by atoms with van der Waals surface area (Å²) in [6.07, 6.45) is 2.37. The van der Waals surface area contributed by atoms with Gasteiger partial charge in [0.25, 0.3) is 5.91 Å². The molecule has 8 heteroatoms. The molecule has 2 atom stereocenters. The first-order valence-corrected chi connectivity index (χ1v) is 9.65. The molecule has 6 nitrogen and oxygen atoms in total. The summed E-state index contributed by atoms with van der Waals surface area (Å²) < 4.78 is 11.6. The first-order chi connectivity index (χ1) is 14.0. The quantitative estimate of drug-likeness (QED) is 0.575. The van der Waals surface area contributed by atoms with E-state index in [1.54, 1.807) is 49.6 Å². The molecule has 1 aliphatic heterocycles. The third-order valence-corrected chi connectivity index (χ3v) is 4.88. The summed E-state index contributed by atoms with van der Waals surface area (Å²) in [6, 6.07) is 14.0. The number of pyridine rings is 1. The number of aromatic nitrogens is 1. The Kier molecular flexibility index (Phi) is 5.47. The van der Waals surface area contributed by atoms with Gasteiger partial charge >= 0.3 is 0 Å². The van der Waals surface area contributed by atoms with Gasteiger partial charge in [0.15, 0.2) is 12.3 Å². The Hall–Kier alpha value is -2.96. The Bertz CT molecular complexity index is 1050. The van der Waals surface area contributed by atoms with E-state index < -0.39 is 6.10 Å². The summed E-state index contributed by atoms with van der Waals surface area (Å²) in [5.74, 6) is 0.797. The largest absolute Gasteiger partial charge is 0.479 e. The van der Waals surface area contributed by atoms with E-state index in [1.165, 1.54) is 0 Å². The molecule has 1 aromatic heterocycles. The van der Waals surface area contributed by atoms with E-state index in [4.69, 9.17) is 32.7 Å². The fraction of sp³-hybridized carbons (Fsp3) is 0.143. The van der Waals surface area contributed by atoms with Crippen LogP contribution >= 0.6 is 23.2 Å². The van der Waals surface area contributed by atoms with Gasteiger partial charge in [-0.25, -0.2) is 0 Å². The minimum absolute atomic E-state index is 0.298. The highest BCUT2D eigenvalue weighted by Crippen LogP contribution is 2.39. The van der Waals surface area contributed by atoms with Crippen LogP contribution < -0.4 is 20.1 Å². The normalized spacial score (nSPS) is 15.6. The summed E-state index contributed by atoms with van der Waals surface area (Å²) in [4.78, 5) is 16.5. The van der Waals surface area contributed by atoms with E-state index in [-0.39, 0.29) is 12.1 Å².